The third-order valence-electron chi connectivity index (χ3n) is 4.67. The number of benzene rings is 1. The van der Waals surface area contributed by atoms with Gasteiger partial charge in [0.05, 0.1) is 24.1 Å². The van der Waals surface area contributed by atoms with Crippen molar-refractivity contribution in [1.82, 2.24) is 14.5 Å². The van der Waals surface area contributed by atoms with Crippen LogP contribution in [0.3, 0.4) is 0 Å². The van der Waals surface area contributed by atoms with E-state index in [0.717, 1.165) is 24.6 Å². The molecule has 0 fully saturated rings. The summed E-state index contributed by atoms with van der Waals surface area (Å²) in [4.78, 5) is 31.7. The maximum atomic E-state index is 13.3. The highest BCUT2D eigenvalue weighted by Crippen LogP contribution is 2.28. The van der Waals surface area contributed by atoms with Crippen LogP contribution >= 0.6 is 11.8 Å². The van der Waals surface area contributed by atoms with Crippen molar-refractivity contribution in [2.75, 3.05) is 26.0 Å². The molecule has 1 heterocycles. The van der Waals surface area contributed by atoms with Crippen molar-refractivity contribution < 1.29 is 14.6 Å². The van der Waals surface area contributed by atoms with E-state index in [4.69, 9.17) is 4.74 Å². The lowest BCUT2D eigenvalue weighted by molar-refractivity contribution is -0.127. The lowest BCUT2D eigenvalue weighted by Crippen LogP contribution is -2.32. The summed E-state index contributed by atoms with van der Waals surface area (Å²) >= 11 is 1.13. The molecule has 1 aromatic carbocycles. The summed E-state index contributed by atoms with van der Waals surface area (Å²) < 4.78 is 6.86. The van der Waals surface area contributed by atoms with Gasteiger partial charge in [0, 0.05) is 13.1 Å². The average Bonchev–Trinajstić information content (AvgIpc) is 2.73. The lowest BCUT2D eigenvalue weighted by atomic mass is 10.1. The molecule has 0 atom stereocenters. The standard InChI is InChI=1S/C21H29N3O4S/c1-5-8-11-15-19(26)22-21(29-14-18(25)23(6-2)7-3)24(20(15)27)16-12-9-10-13-17(16)28-4/h9-10,12-13,26H,5-8,11,14H2,1-4H3. The molecule has 1 N–H and O–H groups in total. The molecular formula is C21H29N3O4S. The molecule has 0 aliphatic carbocycles. The predicted molar refractivity (Wildman–Crippen MR) is 115 cm³/mol. The van der Waals surface area contributed by atoms with Crippen molar-refractivity contribution in [3.63, 3.8) is 0 Å². The highest BCUT2D eigenvalue weighted by atomic mass is 32.2. The summed E-state index contributed by atoms with van der Waals surface area (Å²) in [5.41, 5.74) is 0.466. The van der Waals surface area contributed by atoms with Gasteiger partial charge in [0.1, 0.15) is 5.75 Å². The number of nitrogens with zero attached hydrogens (tertiary/aromatic N) is 3. The number of carbonyl (C=O) groups is 1. The van der Waals surface area contributed by atoms with E-state index in [9.17, 15) is 14.7 Å². The van der Waals surface area contributed by atoms with E-state index in [1.807, 2.05) is 26.8 Å². The molecule has 158 valence electrons. The van der Waals surface area contributed by atoms with Gasteiger partial charge in [-0.15, -0.1) is 0 Å². The van der Waals surface area contributed by atoms with Crippen LogP contribution in [0.25, 0.3) is 5.69 Å². The number of hydrogen-bond acceptors (Lipinski definition) is 6. The minimum atomic E-state index is -0.340. The van der Waals surface area contributed by atoms with E-state index in [0.29, 0.717) is 30.9 Å². The van der Waals surface area contributed by atoms with Crippen molar-refractivity contribution >= 4 is 17.7 Å². The Morgan fingerprint density at radius 2 is 1.93 bits per heavy atom. The van der Waals surface area contributed by atoms with E-state index in [1.165, 1.54) is 11.7 Å². The predicted octanol–water partition coefficient (Wildman–Crippen LogP) is 3.25. The summed E-state index contributed by atoms with van der Waals surface area (Å²) in [5.74, 6) is 0.319. The molecule has 8 heteroatoms. The van der Waals surface area contributed by atoms with E-state index in [1.54, 1.807) is 23.1 Å². The van der Waals surface area contributed by atoms with Crippen LogP contribution in [0.1, 0.15) is 39.2 Å². The van der Waals surface area contributed by atoms with Crippen LogP contribution in [0.4, 0.5) is 0 Å². The van der Waals surface area contributed by atoms with Crippen LogP contribution in [0, 0.1) is 0 Å². The van der Waals surface area contributed by atoms with Gasteiger partial charge in [-0.1, -0.05) is 37.2 Å². The van der Waals surface area contributed by atoms with Crippen LogP contribution < -0.4 is 10.3 Å². The molecule has 0 spiro atoms. The molecule has 0 aliphatic rings. The highest BCUT2D eigenvalue weighted by Gasteiger charge is 2.21. The molecule has 0 saturated carbocycles. The summed E-state index contributed by atoms with van der Waals surface area (Å²) in [7, 11) is 1.53. The second-order valence-corrected chi connectivity index (χ2v) is 7.41. The van der Waals surface area contributed by atoms with Crippen molar-refractivity contribution in [1.29, 1.82) is 0 Å². The first-order valence-corrected chi connectivity index (χ1v) is 10.9. The van der Waals surface area contributed by atoms with Crippen LogP contribution in [0.15, 0.2) is 34.2 Å². The van der Waals surface area contributed by atoms with Crippen molar-refractivity contribution in [2.45, 2.75) is 45.2 Å². The highest BCUT2D eigenvalue weighted by molar-refractivity contribution is 7.99. The van der Waals surface area contributed by atoms with Gasteiger partial charge in [0.2, 0.25) is 11.8 Å². The maximum absolute atomic E-state index is 13.3. The molecule has 2 rings (SSSR count). The fourth-order valence-electron chi connectivity index (χ4n) is 3.02. The molecule has 0 bridgehead atoms. The maximum Gasteiger partial charge on any atom is 0.265 e. The Morgan fingerprint density at radius 1 is 1.24 bits per heavy atom. The largest absolute Gasteiger partial charge is 0.495 e. The zero-order chi connectivity index (χ0) is 21.4. The Labute approximate surface area is 175 Å². The molecule has 0 radical (unpaired) electrons. The second kappa shape index (κ2) is 10.9. The van der Waals surface area contributed by atoms with E-state index < -0.39 is 0 Å². The number of amides is 1. The zero-order valence-corrected chi connectivity index (χ0v) is 18.3. The summed E-state index contributed by atoms with van der Waals surface area (Å²) in [5, 5.41) is 10.7. The second-order valence-electron chi connectivity index (χ2n) is 6.47. The van der Waals surface area contributed by atoms with Crippen molar-refractivity contribution in [2.24, 2.45) is 0 Å². The number of para-hydroxylation sites is 2. The Morgan fingerprint density at radius 3 is 2.55 bits per heavy atom. The Hall–Kier alpha value is -2.48. The molecule has 0 aliphatic heterocycles. The van der Waals surface area contributed by atoms with Crippen molar-refractivity contribution in [3.05, 3.63) is 40.2 Å². The van der Waals surface area contributed by atoms with Crippen LogP contribution in [-0.2, 0) is 11.2 Å². The summed E-state index contributed by atoms with van der Waals surface area (Å²) in [6.45, 7) is 7.09. The number of aromatic hydroxyl groups is 1. The quantitative estimate of drug-likeness (QED) is 0.470. The number of methoxy groups -OCH3 is 1. The Balaban J connectivity index is 2.55. The van der Waals surface area contributed by atoms with Gasteiger partial charge in [-0.3, -0.25) is 14.2 Å². The molecule has 7 nitrogen and oxygen atoms in total. The number of aromatic nitrogens is 2. The molecule has 1 aromatic heterocycles. The number of unbranched alkanes of at least 4 members (excludes halogenated alkanes) is 1. The van der Waals surface area contributed by atoms with E-state index in [-0.39, 0.29) is 33.8 Å². The number of carbonyl (C=O) groups excluding carboxylic acids is 1. The first kappa shape index (κ1) is 22.8. The van der Waals surface area contributed by atoms with Gasteiger partial charge < -0.3 is 14.7 Å². The fourth-order valence-corrected chi connectivity index (χ4v) is 3.91. The van der Waals surface area contributed by atoms with Crippen LogP contribution in [0.5, 0.6) is 11.6 Å². The van der Waals surface area contributed by atoms with E-state index in [2.05, 4.69) is 4.98 Å². The van der Waals surface area contributed by atoms with Crippen LogP contribution in [0.2, 0.25) is 0 Å². The molecule has 29 heavy (non-hydrogen) atoms. The zero-order valence-electron chi connectivity index (χ0n) is 17.5. The first-order chi connectivity index (χ1) is 14.0. The number of hydrogen-bond donors (Lipinski definition) is 1. The Bertz CT molecular complexity index is 894. The van der Waals surface area contributed by atoms with Gasteiger partial charge in [0.15, 0.2) is 5.16 Å². The molecular weight excluding hydrogens is 390 g/mol. The van der Waals surface area contributed by atoms with Gasteiger partial charge in [-0.05, 0) is 38.8 Å². The van der Waals surface area contributed by atoms with Gasteiger partial charge in [0.25, 0.3) is 5.56 Å². The van der Waals surface area contributed by atoms with Gasteiger partial charge >= 0.3 is 0 Å². The lowest BCUT2D eigenvalue weighted by Gasteiger charge is -2.19. The molecule has 2 aromatic rings. The van der Waals surface area contributed by atoms with E-state index >= 15 is 0 Å². The normalized spacial score (nSPS) is 10.8. The third-order valence-corrected chi connectivity index (χ3v) is 5.59. The van der Waals surface area contributed by atoms with Crippen molar-refractivity contribution in [3.8, 4) is 17.3 Å². The summed E-state index contributed by atoms with van der Waals surface area (Å²) in [6.07, 6.45) is 2.10. The minimum absolute atomic E-state index is 0.0459. The Kier molecular flexibility index (Phi) is 8.57. The summed E-state index contributed by atoms with van der Waals surface area (Å²) in [6, 6.07) is 7.14. The smallest absolute Gasteiger partial charge is 0.265 e. The minimum Gasteiger partial charge on any atom is -0.495 e. The topological polar surface area (TPSA) is 84.7 Å². The monoisotopic (exact) mass is 419 g/mol. The third kappa shape index (κ3) is 5.32. The SMILES string of the molecule is CCCCc1c(O)nc(SCC(=O)N(CC)CC)n(-c2ccccc2OC)c1=O. The fraction of sp³-hybridized carbons (Fsp3) is 0.476. The average molecular weight is 420 g/mol. The molecule has 0 saturated heterocycles. The number of thioether (sulfide) groups is 1. The molecule has 1 amide bonds. The first-order valence-electron chi connectivity index (χ1n) is 9.87. The number of ether oxygens (including phenoxy) is 1. The van der Waals surface area contributed by atoms with Crippen LogP contribution in [-0.4, -0.2) is 51.4 Å². The molecule has 0 unspecified atom stereocenters. The van der Waals surface area contributed by atoms with Gasteiger partial charge in [-0.2, -0.15) is 4.98 Å². The number of rotatable bonds is 10. The van der Waals surface area contributed by atoms with Gasteiger partial charge in [-0.25, -0.2) is 0 Å².